The molecular formula is C31H43F2N6O2PS. The van der Waals surface area contributed by atoms with E-state index in [-0.39, 0.29) is 30.2 Å². The van der Waals surface area contributed by atoms with Gasteiger partial charge in [0.2, 0.25) is 5.95 Å². The van der Waals surface area contributed by atoms with Gasteiger partial charge in [-0.05, 0) is 45.2 Å². The van der Waals surface area contributed by atoms with Crippen molar-refractivity contribution in [3.8, 4) is 10.6 Å². The van der Waals surface area contributed by atoms with Gasteiger partial charge in [-0.25, -0.2) is 9.97 Å². The van der Waals surface area contributed by atoms with Gasteiger partial charge in [0.25, 0.3) is 5.66 Å². The van der Waals surface area contributed by atoms with Gasteiger partial charge < -0.3 is 20.8 Å². The number of aliphatic hydroxyl groups is 2. The van der Waals surface area contributed by atoms with Gasteiger partial charge in [0.05, 0.1) is 33.8 Å². The van der Waals surface area contributed by atoms with E-state index in [1.54, 1.807) is 27.6 Å². The molecule has 3 unspecified atom stereocenters. The molecule has 12 heteroatoms. The number of thiazole rings is 1. The van der Waals surface area contributed by atoms with E-state index in [0.29, 0.717) is 30.3 Å². The maximum absolute atomic E-state index is 13.6. The fraction of sp³-hybridized carbons (Fsp3) is 0.484. The third-order valence-electron chi connectivity index (χ3n) is 7.17. The molecule has 0 saturated heterocycles. The fourth-order valence-corrected chi connectivity index (χ4v) is 6.27. The van der Waals surface area contributed by atoms with E-state index in [9.17, 15) is 19.0 Å². The number of hydrogen-bond donors (Lipinski definition) is 4. The number of rotatable bonds is 8. The molecule has 43 heavy (non-hydrogen) atoms. The van der Waals surface area contributed by atoms with E-state index in [1.165, 1.54) is 23.5 Å². The van der Waals surface area contributed by atoms with Gasteiger partial charge in [-0.2, -0.15) is 13.8 Å². The van der Waals surface area contributed by atoms with Crippen molar-refractivity contribution >= 4 is 42.6 Å². The molecular weight excluding hydrogens is 589 g/mol. The van der Waals surface area contributed by atoms with Gasteiger partial charge in [-0.1, -0.05) is 61.2 Å². The standard InChI is InChI=1S/C27H31F2N6O2PS.2C2H6/c1-13(16-4-6-18(7-5-16)27(28,29)38)31-26-32-14(2)22(25-34-23-15(3)30-9-8-21(23)39-25)24(35-26)33-19-10-17(12-36)20(37)11-19;2*1-2/h4-9,13,17,19-20,36-37H,10-12,38H2,1-3H3,(H2,31,32,33,35);2*1-2H3/t13-,17?,19?,20+;;/m1../s1. The van der Waals surface area contributed by atoms with Crippen LogP contribution in [0.15, 0.2) is 36.5 Å². The molecule has 234 valence electrons. The number of fused-ring (bicyclic) bond motifs is 1. The molecule has 0 amide bonds. The maximum Gasteiger partial charge on any atom is 0.283 e. The summed E-state index contributed by atoms with van der Waals surface area (Å²) < 4.78 is 28.2. The zero-order valence-corrected chi connectivity index (χ0v) is 27.8. The van der Waals surface area contributed by atoms with Crippen LogP contribution >= 0.6 is 20.6 Å². The Morgan fingerprint density at radius 2 is 1.70 bits per heavy atom. The Morgan fingerprint density at radius 1 is 1.02 bits per heavy atom. The zero-order valence-electron chi connectivity index (χ0n) is 25.8. The van der Waals surface area contributed by atoms with E-state index in [1.807, 2.05) is 54.5 Å². The number of aryl methyl sites for hydroxylation is 2. The van der Waals surface area contributed by atoms with E-state index >= 15 is 0 Å². The molecule has 0 aliphatic heterocycles. The Labute approximate surface area is 259 Å². The number of halogens is 2. The molecule has 1 fully saturated rings. The van der Waals surface area contributed by atoms with E-state index < -0.39 is 11.8 Å². The summed E-state index contributed by atoms with van der Waals surface area (Å²) >= 11 is 1.53. The largest absolute Gasteiger partial charge is 0.396 e. The molecule has 5 rings (SSSR count). The number of hydrogen-bond acceptors (Lipinski definition) is 9. The van der Waals surface area contributed by atoms with Gasteiger partial charge in [0, 0.05) is 30.3 Å². The summed E-state index contributed by atoms with van der Waals surface area (Å²) in [5.41, 5.74) is 0.897. The molecule has 1 aromatic carbocycles. The summed E-state index contributed by atoms with van der Waals surface area (Å²) in [5, 5.41) is 27.5. The third kappa shape index (κ3) is 8.20. The Kier molecular flexibility index (Phi) is 12.3. The lowest BCUT2D eigenvalue weighted by Gasteiger charge is -2.20. The first kappa shape index (κ1) is 34.6. The molecule has 1 aliphatic carbocycles. The quantitative estimate of drug-likeness (QED) is 0.148. The minimum absolute atomic E-state index is 0.0763. The van der Waals surface area contributed by atoms with E-state index in [2.05, 4.69) is 15.6 Å². The topological polar surface area (TPSA) is 116 Å². The predicted octanol–water partition coefficient (Wildman–Crippen LogP) is 7.46. The van der Waals surface area contributed by atoms with E-state index in [0.717, 1.165) is 32.0 Å². The average Bonchev–Trinajstić information content (AvgIpc) is 3.58. The van der Waals surface area contributed by atoms with Crippen LogP contribution in [0.2, 0.25) is 0 Å². The lowest BCUT2D eigenvalue weighted by Crippen LogP contribution is -2.20. The van der Waals surface area contributed by atoms with Crippen LogP contribution in [0.25, 0.3) is 20.8 Å². The van der Waals surface area contributed by atoms with Crippen LogP contribution < -0.4 is 10.6 Å². The third-order valence-corrected chi connectivity index (χ3v) is 8.54. The van der Waals surface area contributed by atoms with Crippen LogP contribution in [-0.2, 0) is 5.66 Å². The first-order chi connectivity index (χ1) is 20.5. The molecule has 4 N–H and O–H groups in total. The van der Waals surface area contributed by atoms with Crippen molar-refractivity contribution in [2.75, 3.05) is 17.2 Å². The van der Waals surface area contributed by atoms with Gasteiger partial charge >= 0.3 is 0 Å². The summed E-state index contributed by atoms with van der Waals surface area (Å²) in [6, 6.07) is 7.75. The Morgan fingerprint density at radius 3 is 2.28 bits per heavy atom. The molecule has 1 aliphatic rings. The van der Waals surface area contributed by atoms with Crippen LogP contribution in [0.4, 0.5) is 20.5 Å². The predicted molar refractivity (Wildman–Crippen MR) is 176 cm³/mol. The molecule has 0 bridgehead atoms. The van der Waals surface area contributed by atoms with Crippen molar-refractivity contribution in [3.05, 3.63) is 59.0 Å². The van der Waals surface area contributed by atoms with Crippen molar-refractivity contribution in [2.24, 2.45) is 5.92 Å². The molecule has 4 aromatic rings. The van der Waals surface area contributed by atoms with Crippen molar-refractivity contribution in [1.29, 1.82) is 0 Å². The highest BCUT2D eigenvalue weighted by Crippen LogP contribution is 2.39. The molecule has 8 nitrogen and oxygen atoms in total. The zero-order chi connectivity index (χ0) is 31.9. The normalized spacial score (nSPS) is 18.7. The molecule has 0 spiro atoms. The summed E-state index contributed by atoms with van der Waals surface area (Å²) in [4.78, 5) is 18.7. The van der Waals surface area contributed by atoms with Crippen molar-refractivity contribution in [3.63, 3.8) is 0 Å². The molecule has 0 radical (unpaired) electrons. The second kappa shape index (κ2) is 15.2. The smallest absolute Gasteiger partial charge is 0.283 e. The van der Waals surface area contributed by atoms with Gasteiger partial charge in [-0.15, -0.1) is 11.3 Å². The summed E-state index contributed by atoms with van der Waals surface area (Å²) in [6.07, 6.45) is 2.26. The molecule has 3 heterocycles. The first-order valence-corrected chi connectivity index (χ1v) is 16.1. The van der Waals surface area contributed by atoms with Crippen LogP contribution in [0.1, 0.15) is 76.0 Å². The number of benzene rings is 1. The minimum atomic E-state index is -2.98. The Bertz CT molecular complexity index is 1480. The Balaban J connectivity index is 0.00000121. The minimum Gasteiger partial charge on any atom is -0.396 e. The van der Waals surface area contributed by atoms with Gasteiger partial charge in [0.15, 0.2) is 0 Å². The number of nitrogens with one attached hydrogen (secondary N) is 2. The lowest BCUT2D eigenvalue weighted by molar-refractivity contribution is 0.0908. The van der Waals surface area contributed by atoms with Crippen LogP contribution in [0.5, 0.6) is 0 Å². The maximum atomic E-state index is 13.6. The average molecular weight is 633 g/mol. The first-order valence-electron chi connectivity index (χ1n) is 14.7. The second-order valence-corrected chi connectivity index (χ2v) is 11.8. The van der Waals surface area contributed by atoms with Crippen molar-refractivity contribution < 1.29 is 19.0 Å². The number of anilines is 2. The molecule has 1 saturated carbocycles. The summed E-state index contributed by atoms with van der Waals surface area (Å²) in [7, 11) is 1.55. The highest BCUT2D eigenvalue weighted by atomic mass is 32.1. The number of nitrogens with zero attached hydrogens (tertiary/aromatic N) is 4. The number of pyridine rings is 1. The van der Waals surface area contributed by atoms with Crippen molar-refractivity contribution in [2.45, 2.75) is 85.2 Å². The number of alkyl halides is 2. The van der Waals surface area contributed by atoms with Crippen LogP contribution in [0.3, 0.4) is 0 Å². The monoisotopic (exact) mass is 632 g/mol. The summed E-state index contributed by atoms with van der Waals surface area (Å²) in [6.45, 7) is 13.6. The van der Waals surface area contributed by atoms with Crippen LogP contribution in [0, 0.1) is 19.8 Å². The summed E-state index contributed by atoms with van der Waals surface area (Å²) in [5.74, 6) is 0.762. The second-order valence-electron chi connectivity index (χ2n) is 10.1. The SMILES string of the molecule is CC.CC.Cc1nc(N[C@H](C)c2ccc(C(F)(F)P)cc2)nc(NC2CC(CO)[C@@H](O)C2)c1-c1nc2c(C)nccc2s1. The van der Waals surface area contributed by atoms with Gasteiger partial charge in [0.1, 0.15) is 16.3 Å². The Hall–Kier alpha value is -2.85. The van der Waals surface area contributed by atoms with E-state index in [4.69, 9.17) is 15.0 Å². The lowest BCUT2D eigenvalue weighted by atomic mass is 10.1. The highest BCUT2D eigenvalue weighted by Gasteiger charge is 2.33. The van der Waals surface area contributed by atoms with Crippen molar-refractivity contribution in [1.82, 2.24) is 19.9 Å². The fourth-order valence-electron chi connectivity index (χ4n) is 4.97. The van der Waals surface area contributed by atoms with Crippen LogP contribution in [-0.4, -0.2) is 48.9 Å². The number of aliphatic hydroxyl groups excluding tert-OH is 2. The molecule has 3 aromatic heterocycles. The highest BCUT2D eigenvalue weighted by molar-refractivity contribution is 7.21. The van der Waals surface area contributed by atoms with Gasteiger partial charge in [-0.3, -0.25) is 4.98 Å². The molecule has 5 atom stereocenters. The number of aromatic nitrogens is 4.